The molecule has 0 aliphatic rings. The van der Waals surface area contributed by atoms with E-state index < -0.39 is 5.97 Å². The van der Waals surface area contributed by atoms with Crippen LogP contribution in [0.25, 0.3) is 0 Å². The monoisotopic (exact) mass is 144 g/mol. The summed E-state index contributed by atoms with van der Waals surface area (Å²) in [5.74, 6) is -0.204. The fourth-order valence-corrected chi connectivity index (χ4v) is 0.802. The maximum Gasteiger partial charge on any atom is 0.306 e. The van der Waals surface area contributed by atoms with E-state index >= 15 is 0 Å². The number of carboxylic acid groups (broad SMARTS) is 1. The Kier molecular flexibility index (Phi) is 3.40. The van der Waals surface area contributed by atoms with Gasteiger partial charge in [-0.05, 0) is 11.8 Å². The molecule has 0 heterocycles. The summed E-state index contributed by atoms with van der Waals surface area (Å²) in [4.78, 5) is 10.4. The number of carboxylic acids is 1. The van der Waals surface area contributed by atoms with Gasteiger partial charge >= 0.3 is 5.97 Å². The van der Waals surface area contributed by atoms with Crippen LogP contribution < -0.4 is 0 Å². The first kappa shape index (κ1) is 9.47. The van der Waals surface area contributed by atoms with Crippen molar-refractivity contribution in [2.45, 2.75) is 27.7 Å². The molecule has 0 saturated carbocycles. The smallest absolute Gasteiger partial charge is 0.306 e. The van der Waals surface area contributed by atoms with Crippen molar-refractivity contribution in [3.63, 3.8) is 0 Å². The lowest BCUT2D eigenvalue weighted by Gasteiger charge is -2.19. The van der Waals surface area contributed by atoms with E-state index in [9.17, 15) is 4.79 Å². The maximum atomic E-state index is 10.4. The van der Waals surface area contributed by atoms with Crippen molar-refractivity contribution >= 4 is 5.97 Å². The average molecular weight is 144 g/mol. The van der Waals surface area contributed by atoms with Crippen molar-refractivity contribution in [3.8, 4) is 0 Å². The molecule has 60 valence electrons. The number of aliphatic carboxylic acids is 1. The minimum atomic E-state index is -0.693. The van der Waals surface area contributed by atoms with Gasteiger partial charge in [0.25, 0.3) is 0 Å². The molecule has 0 unspecified atom stereocenters. The van der Waals surface area contributed by atoms with E-state index in [4.69, 9.17) is 5.11 Å². The highest BCUT2D eigenvalue weighted by Gasteiger charge is 2.21. The van der Waals surface area contributed by atoms with Crippen LogP contribution >= 0.6 is 0 Å². The zero-order valence-corrected chi connectivity index (χ0v) is 7.09. The molecule has 0 aromatic rings. The lowest BCUT2D eigenvalue weighted by atomic mass is 9.86. The summed E-state index contributed by atoms with van der Waals surface area (Å²) >= 11 is 0. The highest BCUT2D eigenvalue weighted by atomic mass is 16.4. The normalized spacial score (nSPS) is 16.9. The van der Waals surface area contributed by atoms with Crippen molar-refractivity contribution in [3.05, 3.63) is 0 Å². The number of hydrogen-bond acceptors (Lipinski definition) is 1. The topological polar surface area (TPSA) is 37.3 Å². The average Bonchev–Trinajstić information content (AvgIpc) is 1.84. The number of carbonyl (C=O) groups is 1. The third kappa shape index (κ3) is 2.38. The quantitative estimate of drug-likeness (QED) is 0.657. The van der Waals surface area contributed by atoms with E-state index in [0.717, 1.165) is 0 Å². The van der Waals surface area contributed by atoms with Crippen molar-refractivity contribution in [1.82, 2.24) is 0 Å². The van der Waals surface area contributed by atoms with Gasteiger partial charge in [0.05, 0.1) is 5.92 Å². The molecule has 2 nitrogen and oxygen atoms in total. The molecule has 0 fully saturated rings. The fourth-order valence-electron chi connectivity index (χ4n) is 0.802. The Bertz CT molecular complexity index is 118. The second-order valence-electron chi connectivity index (χ2n) is 3.23. The Morgan fingerprint density at radius 2 is 1.60 bits per heavy atom. The molecule has 2 atom stereocenters. The molecule has 1 N–H and O–H groups in total. The van der Waals surface area contributed by atoms with Crippen LogP contribution in [0.4, 0.5) is 0 Å². The van der Waals surface area contributed by atoms with E-state index in [-0.39, 0.29) is 11.8 Å². The van der Waals surface area contributed by atoms with Crippen molar-refractivity contribution in [2.24, 2.45) is 17.8 Å². The minimum absolute atomic E-state index is 0.222. The molecular weight excluding hydrogens is 128 g/mol. The van der Waals surface area contributed by atoms with Crippen LogP contribution in [0.15, 0.2) is 0 Å². The van der Waals surface area contributed by atoms with Crippen LogP contribution in [0.1, 0.15) is 27.7 Å². The molecule has 10 heavy (non-hydrogen) atoms. The highest BCUT2D eigenvalue weighted by Crippen LogP contribution is 2.19. The van der Waals surface area contributed by atoms with Gasteiger partial charge in [0, 0.05) is 0 Å². The van der Waals surface area contributed by atoms with E-state index in [1.54, 1.807) is 6.92 Å². The SMILES string of the molecule is CC(C)[C@H](C)[C@H](C)C(=O)O. The molecule has 0 amide bonds. The molecule has 0 radical (unpaired) electrons. The van der Waals surface area contributed by atoms with Gasteiger partial charge in [0.1, 0.15) is 0 Å². The number of rotatable bonds is 3. The second-order valence-corrected chi connectivity index (χ2v) is 3.23. The first-order valence-electron chi connectivity index (χ1n) is 3.69. The first-order chi connectivity index (χ1) is 4.46. The van der Waals surface area contributed by atoms with Gasteiger partial charge < -0.3 is 5.11 Å². The predicted molar refractivity (Wildman–Crippen MR) is 40.8 cm³/mol. The Balaban J connectivity index is 3.94. The summed E-state index contributed by atoms with van der Waals surface area (Å²) in [6.45, 7) is 7.82. The van der Waals surface area contributed by atoms with Crippen molar-refractivity contribution in [2.75, 3.05) is 0 Å². The third-order valence-electron chi connectivity index (χ3n) is 2.23. The molecule has 0 saturated heterocycles. The zero-order chi connectivity index (χ0) is 8.31. The van der Waals surface area contributed by atoms with Crippen LogP contribution in [0.5, 0.6) is 0 Å². The summed E-state index contributed by atoms with van der Waals surface area (Å²) < 4.78 is 0. The third-order valence-corrected chi connectivity index (χ3v) is 2.23. The van der Waals surface area contributed by atoms with Crippen LogP contribution in [-0.4, -0.2) is 11.1 Å². The molecule has 0 aliphatic carbocycles. The lowest BCUT2D eigenvalue weighted by molar-refractivity contribution is -0.143. The van der Waals surface area contributed by atoms with E-state index in [1.807, 2.05) is 20.8 Å². The zero-order valence-electron chi connectivity index (χ0n) is 7.09. The van der Waals surface area contributed by atoms with Crippen LogP contribution in [0.2, 0.25) is 0 Å². The Hall–Kier alpha value is -0.530. The molecular formula is C8H16O2. The van der Waals surface area contributed by atoms with Gasteiger partial charge in [0.15, 0.2) is 0 Å². The van der Waals surface area contributed by atoms with E-state index in [2.05, 4.69) is 0 Å². The number of hydrogen-bond donors (Lipinski definition) is 1. The second kappa shape index (κ2) is 3.59. The summed E-state index contributed by atoms with van der Waals surface area (Å²) in [5.41, 5.74) is 0. The summed E-state index contributed by atoms with van der Waals surface area (Å²) in [6.07, 6.45) is 0. The largest absolute Gasteiger partial charge is 0.481 e. The highest BCUT2D eigenvalue weighted by molar-refractivity contribution is 5.69. The molecule has 2 heteroatoms. The minimum Gasteiger partial charge on any atom is -0.481 e. The Morgan fingerprint density at radius 3 is 1.70 bits per heavy atom. The molecule has 0 bridgehead atoms. The Morgan fingerprint density at radius 1 is 1.20 bits per heavy atom. The lowest BCUT2D eigenvalue weighted by Crippen LogP contribution is -2.21. The van der Waals surface area contributed by atoms with Gasteiger partial charge in [-0.1, -0.05) is 27.7 Å². The van der Waals surface area contributed by atoms with E-state index in [1.165, 1.54) is 0 Å². The maximum absolute atomic E-state index is 10.4. The standard InChI is InChI=1S/C8H16O2/c1-5(2)6(3)7(4)8(9)10/h5-7H,1-4H3,(H,9,10)/t6-,7-/m0/s1. The Labute approximate surface area is 62.2 Å². The van der Waals surface area contributed by atoms with Crippen LogP contribution in [0.3, 0.4) is 0 Å². The van der Waals surface area contributed by atoms with Gasteiger partial charge in [-0.15, -0.1) is 0 Å². The van der Waals surface area contributed by atoms with Crippen LogP contribution in [-0.2, 0) is 4.79 Å². The van der Waals surface area contributed by atoms with Crippen molar-refractivity contribution < 1.29 is 9.90 Å². The summed E-state index contributed by atoms with van der Waals surface area (Å²) in [7, 11) is 0. The van der Waals surface area contributed by atoms with Crippen molar-refractivity contribution in [1.29, 1.82) is 0 Å². The fraction of sp³-hybridized carbons (Fsp3) is 0.875. The molecule has 0 spiro atoms. The van der Waals surface area contributed by atoms with Gasteiger partial charge in [0.2, 0.25) is 0 Å². The van der Waals surface area contributed by atoms with E-state index in [0.29, 0.717) is 5.92 Å². The molecule has 0 rings (SSSR count). The summed E-state index contributed by atoms with van der Waals surface area (Å²) in [6, 6.07) is 0. The van der Waals surface area contributed by atoms with Gasteiger partial charge in [-0.25, -0.2) is 0 Å². The molecule has 0 aliphatic heterocycles. The van der Waals surface area contributed by atoms with Gasteiger partial charge in [-0.3, -0.25) is 4.79 Å². The molecule has 0 aromatic heterocycles. The van der Waals surface area contributed by atoms with Crippen LogP contribution in [0, 0.1) is 17.8 Å². The first-order valence-corrected chi connectivity index (χ1v) is 3.69. The summed E-state index contributed by atoms with van der Waals surface area (Å²) in [5, 5.41) is 8.60. The van der Waals surface area contributed by atoms with Gasteiger partial charge in [-0.2, -0.15) is 0 Å². The predicted octanol–water partition coefficient (Wildman–Crippen LogP) is 2.00. The molecule has 0 aromatic carbocycles.